The van der Waals surface area contributed by atoms with Crippen molar-refractivity contribution in [3.05, 3.63) is 11.9 Å². The number of allylic oxidation sites excluding steroid dienone is 1. The van der Waals surface area contributed by atoms with Crippen LogP contribution < -0.4 is 0 Å². The fraction of sp³-hybridized carbons (Fsp3) is 0.800. The quantitative estimate of drug-likeness (QED) is 0.707. The van der Waals surface area contributed by atoms with Crippen molar-refractivity contribution in [1.29, 1.82) is 0 Å². The van der Waals surface area contributed by atoms with Crippen LogP contribution in [0.2, 0.25) is 0 Å². The molecule has 0 N–H and O–H groups in total. The van der Waals surface area contributed by atoms with E-state index >= 15 is 0 Å². The Labute approximate surface area is 93.7 Å². The Morgan fingerprint density at radius 2 is 1.88 bits per heavy atom. The largest absolute Gasteiger partial charge is 0.412 e. The average molecular weight is 256 g/mol. The maximum Gasteiger partial charge on any atom is 0.412 e. The first kappa shape index (κ1) is 13.8. The molecule has 0 aromatic rings. The molecule has 0 aromatic heterocycles. The zero-order valence-electron chi connectivity index (χ0n) is 8.98. The summed E-state index contributed by atoms with van der Waals surface area (Å²) in [6.45, 7) is 2.17. The van der Waals surface area contributed by atoms with Crippen LogP contribution in [0.1, 0.15) is 32.1 Å². The minimum absolute atomic E-state index is 0.0772. The van der Waals surface area contributed by atoms with Crippen LogP contribution in [0.25, 0.3) is 0 Å². The van der Waals surface area contributed by atoms with Crippen molar-refractivity contribution in [1.82, 2.24) is 0 Å². The van der Waals surface area contributed by atoms with Gasteiger partial charge in [-0.2, -0.15) is 13.2 Å². The molecule has 0 radical (unpaired) electrons. The highest BCUT2D eigenvalue weighted by Gasteiger charge is 2.30. The fourth-order valence-corrected chi connectivity index (χ4v) is 2.96. The van der Waals surface area contributed by atoms with Crippen molar-refractivity contribution >= 4 is 8.03 Å². The minimum atomic E-state index is -4.42. The molecule has 0 heterocycles. The van der Waals surface area contributed by atoms with Gasteiger partial charge in [-0.05, 0) is 18.8 Å². The molecular weight excluding hydrogens is 240 g/mol. The normalized spacial score (nSPS) is 20.7. The molecule has 94 valence electrons. The van der Waals surface area contributed by atoms with E-state index in [0.29, 0.717) is 5.31 Å². The Hall–Kier alpha value is -0.280. The summed E-state index contributed by atoms with van der Waals surface area (Å²) < 4.78 is 51.3. The Balaban J connectivity index is 2.38. The fourth-order valence-electron chi connectivity index (χ4n) is 1.86. The smallest absolute Gasteiger partial charge is 0.318 e. The SMILES string of the molecule is C=C(C1CCCCC1)[PH](=O)OCC(F)(F)F. The van der Waals surface area contributed by atoms with E-state index in [-0.39, 0.29) is 5.92 Å². The van der Waals surface area contributed by atoms with Crippen molar-refractivity contribution in [3.8, 4) is 0 Å². The van der Waals surface area contributed by atoms with Crippen LogP contribution in [0, 0.1) is 5.92 Å². The van der Waals surface area contributed by atoms with Crippen molar-refractivity contribution in [3.63, 3.8) is 0 Å². The highest BCUT2D eigenvalue weighted by atomic mass is 31.1. The van der Waals surface area contributed by atoms with E-state index in [1.54, 1.807) is 0 Å². The van der Waals surface area contributed by atoms with Gasteiger partial charge in [0.05, 0.1) is 0 Å². The van der Waals surface area contributed by atoms with Crippen molar-refractivity contribution in [2.45, 2.75) is 38.3 Å². The lowest BCUT2D eigenvalue weighted by molar-refractivity contribution is -0.152. The van der Waals surface area contributed by atoms with Crippen LogP contribution in [0.4, 0.5) is 13.2 Å². The molecule has 0 amide bonds. The number of alkyl halides is 3. The summed E-state index contributed by atoms with van der Waals surface area (Å²) in [6, 6.07) is 0. The third-order valence-corrected chi connectivity index (χ3v) is 4.07. The summed E-state index contributed by atoms with van der Waals surface area (Å²) >= 11 is 0. The summed E-state index contributed by atoms with van der Waals surface area (Å²) in [5.74, 6) is 0.0772. The van der Waals surface area contributed by atoms with Crippen LogP contribution in [-0.4, -0.2) is 12.8 Å². The van der Waals surface area contributed by atoms with E-state index in [9.17, 15) is 17.7 Å². The molecule has 1 rings (SSSR count). The van der Waals surface area contributed by atoms with Gasteiger partial charge in [-0.3, -0.25) is 4.57 Å². The van der Waals surface area contributed by atoms with Gasteiger partial charge in [0.25, 0.3) is 0 Å². The Morgan fingerprint density at radius 1 is 1.31 bits per heavy atom. The Morgan fingerprint density at radius 3 is 2.38 bits per heavy atom. The van der Waals surface area contributed by atoms with Crippen LogP contribution >= 0.6 is 8.03 Å². The lowest BCUT2D eigenvalue weighted by Gasteiger charge is -2.23. The maximum atomic E-state index is 11.8. The first-order chi connectivity index (χ1) is 7.40. The third-order valence-electron chi connectivity index (χ3n) is 2.73. The zero-order chi connectivity index (χ0) is 12.2. The van der Waals surface area contributed by atoms with E-state index in [2.05, 4.69) is 11.1 Å². The monoisotopic (exact) mass is 256 g/mol. The van der Waals surface area contributed by atoms with E-state index in [0.717, 1.165) is 32.1 Å². The predicted octanol–water partition coefficient (Wildman–Crippen LogP) is 4.13. The van der Waals surface area contributed by atoms with E-state index in [1.165, 1.54) is 0 Å². The molecule has 6 heteroatoms. The van der Waals surface area contributed by atoms with Crippen LogP contribution in [-0.2, 0) is 9.09 Å². The molecule has 1 fully saturated rings. The van der Waals surface area contributed by atoms with Gasteiger partial charge in [0.15, 0.2) is 0 Å². The molecular formula is C10H16F3O2P. The number of rotatable bonds is 4. The van der Waals surface area contributed by atoms with Crippen LogP contribution in [0.15, 0.2) is 11.9 Å². The highest BCUT2D eigenvalue weighted by molar-refractivity contribution is 7.44. The van der Waals surface area contributed by atoms with Gasteiger partial charge < -0.3 is 4.52 Å². The molecule has 2 nitrogen and oxygen atoms in total. The molecule has 0 aromatic carbocycles. The lowest BCUT2D eigenvalue weighted by Crippen LogP contribution is -2.15. The van der Waals surface area contributed by atoms with Gasteiger partial charge >= 0.3 is 6.18 Å². The Bertz CT molecular complexity index is 270. The van der Waals surface area contributed by atoms with Crippen molar-refractivity contribution < 1.29 is 22.3 Å². The second-order valence-electron chi connectivity index (χ2n) is 4.05. The summed E-state index contributed by atoms with van der Waals surface area (Å²) in [4.78, 5) is 0. The van der Waals surface area contributed by atoms with Gasteiger partial charge in [0, 0.05) is 5.31 Å². The molecule has 1 atom stereocenters. The summed E-state index contributed by atoms with van der Waals surface area (Å²) in [6.07, 6.45) is 0.493. The zero-order valence-corrected chi connectivity index (χ0v) is 9.98. The molecule has 1 saturated carbocycles. The highest BCUT2D eigenvalue weighted by Crippen LogP contribution is 2.43. The first-order valence-electron chi connectivity index (χ1n) is 5.33. The number of hydrogen-bond acceptors (Lipinski definition) is 2. The van der Waals surface area contributed by atoms with Gasteiger partial charge in [0.1, 0.15) is 6.61 Å². The average Bonchev–Trinajstić information content (AvgIpc) is 2.25. The van der Waals surface area contributed by atoms with Gasteiger partial charge in [-0.1, -0.05) is 25.8 Å². The van der Waals surface area contributed by atoms with Gasteiger partial charge in [-0.25, -0.2) is 0 Å². The van der Waals surface area contributed by atoms with E-state index < -0.39 is 20.8 Å². The lowest BCUT2D eigenvalue weighted by atomic mass is 9.89. The van der Waals surface area contributed by atoms with Gasteiger partial charge in [0.2, 0.25) is 8.03 Å². The molecule has 1 aliphatic rings. The standard InChI is InChI=1S/C10H16F3O2P/c1-8(9-5-3-2-4-6-9)16(14)15-7-10(11,12)13/h9,16H,1-7H2. The van der Waals surface area contributed by atoms with Crippen molar-refractivity contribution in [2.24, 2.45) is 5.92 Å². The van der Waals surface area contributed by atoms with Crippen molar-refractivity contribution in [2.75, 3.05) is 6.61 Å². The minimum Gasteiger partial charge on any atom is -0.318 e. The first-order valence-corrected chi connectivity index (χ1v) is 6.64. The molecule has 0 bridgehead atoms. The Kier molecular flexibility index (Phi) is 5.06. The topological polar surface area (TPSA) is 26.3 Å². The second-order valence-corrected chi connectivity index (χ2v) is 5.56. The number of hydrogen-bond donors (Lipinski definition) is 0. The van der Waals surface area contributed by atoms with Gasteiger partial charge in [-0.15, -0.1) is 0 Å². The number of halogens is 3. The molecule has 0 spiro atoms. The molecule has 0 aliphatic heterocycles. The second kappa shape index (κ2) is 5.87. The summed E-state index contributed by atoms with van der Waals surface area (Å²) in [5.41, 5.74) is 0. The summed E-state index contributed by atoms with van der Waals surface area (Å²) in [5, 5.41) is 0.369. The van der Waals surface area contributed by atoms with E-state index in [4.69, 9.17) is 0 Å². The van der Waals surface area contributed by atoms with E-state index in [1.807, 2.05) is 0 Å². The molecule has 1 aliphatic carbocycles. The molecule has 0 saturated heterocycles. The summed E-state index contributed by atoms with van der Waals surface area (Å²) in [7, 11) is -2.76. The van der Waals surface area contributed by atoms with Crippen LogP contribution in [0.5, 0.6) is 0 Å². The third kappa shape index (κ3) is 4.71. The molecule has 16 heavy (non-hydrogen) atoms. The predicted molar refractivity (Wildman–Crippen MR) is 56.7 cm³/mol. The maximum absolute atomic E-state index is 11.8. The molecule has 1 unspecified atom stereocenters. The van der Waals surface area contributed by atoms with Crippen LogP contribution in [0.3, 0.4) is 0 Å².